The lowest BCUT2D eigenvalue weighted by atomic mass is 9.49. The number of hydrogen-bond donors (Lipinski definition) is 2. The predicted molar refractivity (Wildman–Crippen MR) is 180 cm³/mol. The number of nitrogens with zero attached hydrogens (tertiary/aromatic N) is 2. The van der Waals surface area contributed by atoms with E-state index in [0.717, 1.165) is 10.6 Å². The summed E-state index contributed by atoms with van der Waals surface area (Å²) >= 11 is 12.6. The van der Waals surface area contributed by atoms with Crippen molar-refractivity contribution in [3.8, 4) is 11.5 Å². The van der Waals surface area contributed by atoms with Crippen LogP contribution in [0, 0.1) is 23.7 Å². The Balaban J connectivity index is 1.46. The van der Waals surface area contributed by atoms with E-state index in [1.807, 2.05) is 32.9 Å². The van der Waals surface area contributed by atoms with Crippen LogP contribution in [-0.4, -0.2) is 51.3 Å². The quantitative estimate of drug-likeness (QED) is 0.233. The summed E-state index contributed by atoms with van der Waals surface area (Å²) in [6, 6.07) is 18.5. The van der Waals surface area contributed by atoms with Crippen LogP contribution >= 0.6 is 23.2 Å². The van der Waals surface area contributed by atoms with Crippen molar-refractivity contribution >= 4 is 52.5 Å². The van der Waals surface area contributed by atoms with E-state index < -0.39 is 52.4 Å². The smallest absolute Gasteiger partial charge is 0.260 e. The summed E-state index contributed by atoms with van der Waals surface area (Å²) in [7, 11) is 1.55. The molecule has 48 heavy (non-hydrogen) atoms. The van der Waals surface area contributed by atoms with Crippen molar-refractivity contribution in [1.29, 1.82) is 0 Å². The third-order valence-corrected chi connectivity index (χ3v) is 11.0. The van der Waals surface area contributed by atoms with Crippen LogP contribution in [0.5, 0.6) is 11.5 Å². The maximum absolute atomic E-state index is 15.2. The van der Waals surface area contributed by atoms with Gasteiger partial charge in [-0.1, -0.05) is 59.1 Å². The van der Waals surface area contributed by atoms with E-state index in [-0.39, 0.29) is 29.0 Å². The fraction of sp³-hybridized carbons (Fsp3) is 0.351. The summed E-state index contributed by atoms with van der Waals surface area (Å²) in [6.07, 6.45) is 2.46. The molecule has 11 heteroatoms. The molecule has 1 saturated carbocycles. The van der Waals surface area contributed by atoms with Crippen LogP contribution in [0.15, 0.2) is 78.4 Å². The molecule has 2 heterocycles. The van der Waals surface area contributed by atoms with Crippen molar-refractivity contribution < 1.29 is 29.0 Å². The second kappa shape index (κ2) is 11.4. The second-order valence-corrected chi connectivity index (χ2v) is 14.8. The molecule has 7 rings (SSSR count). The molecule has 6 unspecified atom stereocenters. The zero-order valence-corrected chi connectivity index (χ0v) is 28.4. The Morgan fingerprint density at radius 2 is 1.65 bits per heavy atom. The van der Waals surface area contributed by atoms with Gasteiger partial charge in [0.25, 0.3) is 11.8 Å². The number of nitrogens with one attached hydrogen (secondary N) is 1. The minimum absolute atomic E-state index is 0.00364. The number of methoxy groups -OCH3 is 1. The molecule has 3 fully saturated rings. The van der Waals surface area contributed by atoms with Gasteiger partial charge in [0.2, 0.25) is 11.8 Å². The van der Waals surface area contributed by atoms with Crippen molar-refractivity contribution in [2.24, 2.45) is 23.7 Å². The number of benzene rings is 3. The fourth-order valence-corrected chi connectivity index (χ4v) is 9.03. The lowest BCUT2D eigenvalue weighted by Gasteiger charge is -2.50. The Labute approximate surface area is 288 Å². The number of halogens is 2. The van der Waals surface area contributed by atoms with Gasteiger partial charge in [-0.25, -0.2) is 0 Å². The van der Waals surface area contributed by atoms with Crippen molar-refractivity contribution in [3.63, 3.8) is 0 Å². The largest absolute Gasteiger partial charge is 0.508 e. The first-order valence-corrected chi connectivity index (χ1v) is 16.7. The van der Waals surface area contributed by atoms with Crippen molar-refractivity contribution in [1.82, 2.24) is 9.91 Å². The molecule has 0 aromatic heterocycles. The maximum atomic E-state index is 15.2. The van der Waals surface area contributed by atoms with E-state index in [0.29, 0.717) is 34.0 Å². The molecule has 6 atom stereocenters. The molecule has 9 nitrogen and oxygen atoms in total. The number of allylic oxidation sites excluding steroid dienone is 2. The summed E-state index contributed by atoms with van der Waals surface area (Å²) in [5.41, 5.74) is 3.08. The minimum atomic E-state index is -1.49. The number of hydrazine groups is 1. The highest BCUT2D eigenvalue weighted by Crippen LogP contribution is 2.64. The topological polar surface area (TPSA) is 116 Å². The molecule has 0 spiro atoms. The number of carbonyl (C=O) groups excluding carboxylic acids is 4. The highest BCUT2D eigenvalue weighted by molar-refractivity contribution is 6.36. The van der Waals surface area contributed by atoms with Gasteiger partial charge < -0.3 is 9.84 Å². The Kier molecular flexibility index (Phi) is 7.64. The first-order chi connectivity index (χ1) is 22.8. The number of amides is 4. The number of aromatic hydroxyl groups is 1. The molecule has 3 aromatic carbocycles. The van der Waals surface area contributed by atoms with Crippen LogP contribution < -0.4 is 10.2 Å². The molecule has 2 aliphatic heterocycles. The molecule has 248 valence electrons. The summed E-state index contributed by atoms with van der Waals surface area (Å²) in [5.74, 6) is -4.39. The lowest BCUT2D eigenvalue weighted by molar-refractivity contribution is -0.146. The van der Waals surface area contributed by atoms with Gasteiger partial charge in [-0.2, -0.15) is 5.01 Å². The summed E-state index contributed by atoms with van der Waals surface area (Å²) < 4.78 is 5.44. The monoisotopic (exact) mass is 687 g/mol. The molecule has 2 saturated heterocycles. The van der Waals surface area contributed by atoms with Crippen LogP contribution in [0.3, 0.4) is 0 Å². The third kappa shape index (κ3) is 4.65. The van der Waals surface area contributed by atoms with Gasteiger partial charge >= 0.3 is 0 Å². The van der Waals surface area contributed by atoms with E-state index in [9.17, 15) is 19.5 Å². The molecular weight excluding hydrogens is 653 g/mol. The average molecular weight is 689 g/mol. The molecule has 3 aromatic rings. The number of rotatable bonds is 5. The SMILES string of the molecule is COc1ccc(C23C(=O)N(Nc4ccc(Cl)cc4Cl)C(=O)C2CC2C(=CCC4C(=O)N(C(C)(C)C)C(=O)C42)C3c2cccc(O)c2)cc1. The molecule has 0 radical (unpaired) electrons. The standard InChI is InChI=1S/C37H35Cl2N3O6/c1-36(2,3)41-32(44)25-14-13-24-26(30(25)34(41)46)18-27-33(45)42(40-29-15-10-21(38)17-28(29)39)35(47)37(27,20-8-11-23(48-4)12-9-20)31(24)19-6-5-7-22(43)16-19/h5-13,15-17,25-27,30-31,40,43H,14,18H2,1-4H3. The number of imide groups is 2. The van der Waals surface area contributed by atoms with Gasteiger partial charge in [0.15, 0.2) is 0 Å². The van der Waals surface area contributed by atoms with E-state index >= 15 is 4.79 Å². The number of anilines is 1. The van der Waals surface area contributed by atoms with Crippen molar-refractivity contribution in [3.05, 3.63) is 99.6 Å². The van der Waals surface area contributed by atoms with Gasteiger partial charge in [-0.15, -0.1) is 0 Å². The van der Waals surface area contributed by atoms with Crippen LogP contribution in [0.25, 0.3) is 0 Å². The van der Waals surface area contributed by atoms with E-state index in [4.69, 9.17) is 27.9 Å². The zero-order chi connectivity index (χ0) is 34.3. The second-order valence-electron chi connectivity index (χ2n) is 14.0. The average Bonchev–Trinajstić information content (AvgIpc) is 3.43. The highest BCUT2D eigenvalue weighted by atomic mass is 35.5. The van der Waals surface area contributed by atoms with Gasteiger partial charge in [-0.05, 0) is 93.1 Å². The first kappa shape index (κ1) is 32.2. The Morgan fingerprint density at radius 1 is 0.917 bits per heavy atom. The number of carbonyl (C=O) groups is 4. The zero-order valence-electron chi connectivity index (χ0n) is 26.9. The van der Waals surface area contributed by atoms with E-state index in [1.165, 1.54) is 11.0 Å². The van der Waals surface area contributed by atoms with Crippen LogP contribution in [-0.2, 0) is 24.6 Å². The van der Waals surface area contributed by atoms with E-state index in [2.05, 4.69) is 5.43 Å². The highest BCUT2D eigenvalue weighted by Gasteiger charge is 2.70. The fourth-order valence-electron chi connectivity index (χ4n) is 8.58. The summed E-state index contributed by atoms with van der Waals surface area (Å²) in [5, 5.41) is 12.4. The number of ether oxygens (including phenoxy) is 1. The Bertz CT molecular complexity index is 1900. The van der Waals surface area contributed by atoms with Crippen LogP contribution in [0.1, 0.15) is 50.7 Å². The normalized spacial score (nSPS) is 28.2. The van der Waals surface area contributed by atoms with Crippen molar-refractivity contribution in [2.75, 3.05) is 12.5 Å². The van der Waals surface area contributed by atoms with Crippen LogP contribution in [0.4, 0.5) is 5.69 Å². The van der Waals surface area contributed by atoms with Crippen molar-refractivity contribution in [2.45, 2.75) is 50.5 Å². The summed E-state index contributed by atoms with van der Waals surface area (Å²) in [4.78, 5) is 59.2. The molecule has 4 amide bonds. The van der Waals surface area contributed by atoms with Gasteiger partial charge in [0, 0.05) is 16.5 Å². The number of phenols is 1. The molecule has 2 aliphatic carbocycles. The molecule has 0 bridgehead atoms. The lowest BCUT2D eigenvalue weighted by Crippen LogP contribution is -2.53. The predicted octanol–water partition coefficient (Wildman–Crippen LogP) is 6.49. The third-order valence-electron chi connectivity index (χ3n) is 10.5. The molecule has 2 N–H and O–H groups in total. The minimum Gasteiger partial charge on any atom is -0.508 e. The van der Waals surface area contributed by atoms with E-state index in [1.54, 1.807) is 61.7 Å². The number of fused-ring (bicyclic) bond motifs is 4. The van der Waals surface area contributed by atoms with Gasteiger partial charge in [0.1, 0.15) is 11.5 Å². The van der Waals surface area contributed by atoms with Crippen LogP contribution in [0.2, 0.25) is 10.0 Å². The first-order valence-electron chi connectivity index (χ1n) is 15.9. The maximum Gasteiger partial charge on any atom is 0.260 e. The number of hydrogen-bond acceptors (Lipinski definition) is 7. The Morgan fingerprint density at radius 3 is 2.29 bits per heavy atom. The van der Waals surface area contributed by atoms with Gasteiger partial charge in [-0.3, -0.25) is 29.5 Å². The Hall–Kier alpha value is -4.34. The summed E-state index contributed by atoms with van der Waals surface area (Å²) in [6.45, 7) is 5.51. The number of likely N-dealkylation sites (tertiary alicyclic amines) is 1. The molecular formula is C37H35Cl2N3O6. The van der Waals surface area contributed by atoms with Gasteiger partial charge in [0.05, 0.1) is 41.0 Å². The number of phenolic OH excluding ortho intramolecular Hbond substituents is 1. The molecule has 4 aliphatic rings.